The fraction of sp³-hybridized carbons (Fsp3) is 0.333. The summed E-state index contributed by atoms with van der Waals surface area (Å²) >= 11 is 1.61. The molecule has 0 spiro atoms. The molecule has 0 aliphatic carbocycles. The minimum atomic E-state index is -1.65. The summed E-state index contributed by atoms with van der Waals surface area (Å²) in [5, 5.41) is 6.92. The Hall–Kier alpha value is -2.39. The number of amides is 2. The first-order chi connectivity index (χ1) is 12.8. The Kier molecular flexibility index (Phi) is 7.37. The summed E-state index contributed by atoms with van der Waals surface area (Å²) in [6.07, 6.45) is 0.718. The second kappa shape index (κ2) is 9.52. The van der Waals surface area contributed by atoms with Gasteiger partial charge in [0.1, 0.15) is 0 Å². The van der Waals surface area contributed by atoms with Gasteiger partial charge in [0.25, 0.3) is 0 Å². The van der Waals surface area contributed by atoms with E-state index in [1.54, 1.807) is 25.3 Å². The molecule has 0 saturated carbocycles. The number of hydrogen-bond acceptors (Lipinski definition) is 4. The van der Waals surface area contributed by atoms with E-state index in [9.17, 15) is 22.8 Å². The van der Waals surface area contributed by atoms with Gasteiger partial charge in [-0.05, 0) is 44.0 Å². The lowest BCUT2D eigenvalue weighted by molar-refractivity contribution is -0.126. The summed E-state index contributed by atoms with van der Waals surface area (Å²) in [5.41, 5.74) is -0.458. The van der Waals surface area contributed by atoms with E-state index in [2.05, 4.69) is 10.6 Å². The van der Waals surface area contributed by atoms with Gasteiger partial charge in [-0.2, -0.15) is 0 Å². The van der Waals surface area contributed by atoms with E-state index in [0.29, 0.717) is 6.54 Å². The molecule has 2 amide bonds. The minimum absolute atomic E-state index is 0.224. The third-order valence-corrected chi connectivity index (χ3v) is 4.93. The second-order valence-corrected chi connectivity index (χ2v) is 7.01. The maximum atomic E-state index is 13.6. The molecule has 0 bridgehead atoms. The van der Waals surface area contributed by atoms with Crippen LogP contribution in [0.25, 0.3) is 0 Å². The zero-order valence-electron chi connectivity index (χ0n) is 14.9. The maximum absolute atomic E-state index is 13.6. The predicted molar refractivity (Wildman–Crippen MR) is 98.1 cm³/mol. The Morgan fingerprint density at radius 1 is 1.19 bits per heavy atom. The van der Waals surface area contributed by atoms with E-state index in [0.717, 1.165) is 23.4 Å². The van der Waals surface area contributed by atoms with Gasteiger partial charge < -0.3 is 10.6 Å². The molecule has 2 N–H and O–H groups in total. The van der Waals surface area contributed by atoms with E-state index >= 15 is 0 Å². The van der Waals surface area contributed by atoms with Gasteiger partial charge in [-0.3, -0.25) is 14.5 Å². The molecule has 1 aromatic carbocycles. The van der Waals surface area contributed by atoms with Crippen LogP contribution in [0.4, 0.5) is 18.9 Å². The molecule has 1 atom stereocenters. The van der Waals surface area contributed by atoms with E-state index in [1.807, 2.05) is 17.5 Å². The smallest absolute Gasteiger partial charge is 0.238 e. The first-order valence-electron chi connectivity index (χ1n) is 8.23. The largest absolute Gasteiger partial charge is 0.354 e. The Morgan fingerprint density at radius 2 is 1.93 bits per heavy atom. The van der Waals surface area contributed by atoms with Crippen molar-refractivity contribution in [2.24, 2.45) is 0 Å². The zero-order chi connectivity index (χ0) is 20.0. The van der Waals surface area contributed by atoms with Gasteiger partial charge in [0.2, 0.25) is 11.8 Å². The number of nitrogens with zero attached hydrogens (tertiary/aromatic N) is 1. The summed E-state index contributed by atoms with van der Waals surface area (Å²) in [4.78, 5) is 26.8. The van der Waals surface area contributed by atoms with Crippen molar-refractivity contribution in [3.63, 3.8) is 0 Å². The molecule has 0 saturated heterocycles. The van der Waals surface area contributed by atoms with Crippen molar-refractivity contribution in [2.45, 2.75) is 19.4 Å². The molecule has 0 radical (unpaired) electrons. The SMILES string of the molecule is C[C@H](C(=O)NCCc1cccs1)N(C)CC(=O)Nc1ccc(F)c(F)c1F. The number of anilines is 1. The van der Waals surface area contributed by atoms with Gasteiger partial charge in [-0.25, -0.2) is 13.2 Å². The third kappa shape index (κ3) is 5.80. The van der Waals surface area contributed by atoms with Crippen LogP contribution in [0.15, 0.2) is 29.6 Å². The van der Waals surface area contributed by atoms with Gasteiger partial charge in [0.05, 0.1) is 18.3 Å². The fourth-order valence-corrected chi connectivity index (χ4v) is 3.00. The van der Waals surface area contributed by atoms with E-state index in [1.165, 1.54) is 4.90 Å². The number of hydrogen-bond donors (Lipinski definition) is 2. The van der Waals surface area contributed by atoms with Crippen molar-refractivity contribution in [2.75, 3.05) is 25.5 Å². The number of likely N-dealkylation sites (N-methyl/N-ethyl adjacent to an activating group) is 1. The summed E-state index contributed by atoms with van der Waals surface area (Å²) in [6, 6.07) is 4.98. The van der Waals surface area contributed by atoms with Crippen LogP contribution in [0, 0.1) is 17.5 Å². The fourth-order valence-electron chi connectivity index (χ4n) is 2.29. The van der Waals surface area contributed by atoms with Gasteiger partial charge in [0.15, 0.2) is 17.5 Å². The number of halogens is 3. The van der Waals surface area contributed by atoms with Gasteiger partial charge in [-0.1, -0.05) is 6.07 Å². The summed E-state index contributed by atoms with van der Waals surface area (Å²) in [5.74, 6) is -5.36. The van der Waals surface area contributed by atoms with Crippen molar-refractivity contribution >= 4 is 28.8 Å². The van der Waals surface area contributed by atoms with E-state index < -0.39 is 35.1 Å². The van der Waals surface area contributed by atoms with Crippen molar-refractivity contribution in [3.8, 4) is 0 Å². The monoisotopic (exact) mass is 399 g/mol. The number of benzene rings is 1. The van der Waals surface area contributed by atoms with Crippen LogP contribution in [0.1, 0.15) is 11.8 Å². The quantitative estimate of drug-likeness (QED) is 0.671. The Morgan fingerprint density at radius 3 is 2.59 bits per heavy atom. The molecule has 27 heavy (non-hydrogen) atoms. The lowest BCUT2D eigenvalue weighted by atomic mass is 10.2. The number of carbonyl (C=O) groups is 2. The summed E-state index contributed by atoms with van der Waals surface area (Å²) in [6.45, 7) is 1.88. The highest BCUT2D eigenvalue weighted by Gasteiger charge is 2.21. The van der Waals surface area contributed by atoms with Crippen LogP contribution in [-0.2, 0) is 16.0 Å². The van der Waals surface area contributed by atoms with Crippen molar-refractivity contribution in [1.82, 2.24) is 10.2 Å². The molecular weight excluding hydrogens is 379 g/mol. The predicted octanol–water partition coefficient (Wildman–Crippen LogP) is 2.78. The average molecular weight is 399 g/mol. The number of nitrogens with one attached hydrogen (secondary N) is 2. The number of carbonyl (C=O) groups excluding carboxylic acids is 2. The van der Waals surface area contributed by atoms with Crippen LogP contribution in [-0.4, -0.2) is 42.9 Å². The number of rotatable bonds is 8. The van der Waals surface area contributed by atoms with Crippen LogP contribution < -0.4 is 10.6 Å². The molecule has 2 rings (SSSR count). The first-order valence-corrected chi connectivity index (χ1v) is 9.11. The molecule has 2 aromatic rings. The van der Waals surface area contributed by atoms with Crippen LogP contribution in [0.2, 0.25) is 0 Å². The zero-order valence-corrected chi connectivity index (χ0v) is 15.7. The van der Waals surface area contributed by atoms with E-state index in [4.69, 9.17) is 0 Å². The highest BCUT2D eigenvalue weighted by atomic mass is 32.1. The van der Waals surface area contributed by atoms with Gasteiger partial charge >= 0.3 is 0 Å². The standard InChI is InChI=1S/C18H20F3N3O2S/c1-11(18(26)22-8-7-12-4-3-9-27-12)24(2)10-15(25)23-14-6-5-13(19)16(20)17(14)21/h3-6,9,11H,7-8,10H2,1-2H3,(H,22,26)(H,23,25)/t11-/m1/s1. The molecule has 0 aliphatic rings. The van der Waals surface area contributed by atoms with Crippen molar-refractivity contribution in [1.29, 1.82) is 0 Å². The molecule has 9 heteroatoms. The summed E-state index contributed by atoms with van der Waals surface area (Å²) in [7, 11) is 1.56. The Balaban J connectivity index is 1.82. The molecule has 1 aromatic heterocycles. The average Bonchev–Trinajstić information content (AvgIpc) is 3.14. The molecular formula is C18H20F3N3O2S. The van der Waals surface area contributed by atoms with Crippen molar-refractivity contribution in [3.05, 3.63) is 52.0 Å². The van der Waals surface area contributed by atoms with Gasteiger partial charge in [0, 0.05) is 11.4 Å². The highest BCUT2D eigenvalue weighted by Crippen LogP contribution is 2.19. The third-order valence-electron chi connectivity index (χ3n) is 3.99. The van der Waals surface area contributed by atoms with Crippen LogP contribution in [0.5, 0.6) is 0 Å². The topological polar surface area (TPSA) is 61.4 Å². The Labute approximate surface area is 159 Å². The molecule has 5 nitrogen and oxygen atoms in total. The van der Waals surface area contributed by atoms with Gasteiger partial charge in [-0.15, -0.1) is 11.3 Å². The summed E-state index contributed by atoms with van der Waals surface area (Å²) < 4.78 is 39.7. The molecule has 0 fully saturated rings. The second-order valence-electron chi connectivity index (χ2n) is 5.98. The molecule has 146 valence electrons. The van der Waals surface area contributed by atoms with Crippen molar-refractivity contribution < 1.29 is 22.8 Å². The van der Waals surface area contributed by atoms with E-state index in [-0.39, 0.29) is 12.5 Å². The minimum Gasteiger partial charge on any atom is -0.354 e. The molecule has 1 heterocycles. The van der Waals surface area contributed by atoms with Crippen LogP contribution >= 0.6 is 11.3 Å². The number of thiophene rings is 1. The van der Waals surface area contributed by atoms with Crippen LogP contribution in [0.3, 0.4) is 0 Å². The lowest BCUT2D eigenvalue weighted by Gasteiger charge is -2.23. The maximum Gasteiger partial charge on any atom is 0.238 e. The Bertz CT molecular complexity index is 799. The lowest BCUT2D eigenvalue weighted by Crippen LogP contribution is -2.46. The molecule has 0 aliphatic heterocycles. The highest BCUT2D eigenvalue weighted by molar-refractivity contribution is 7.09. The molecule has 0 unspecified atom stereocenters. The first kappa shape index (κ1) is 20.9. The normalized spacial score (nSPS) is 12.1.